The van der Waals surface area contributed by atoms with Gasteiger partial charge in [0, 0.05) is 49.0 Å². The van der Waals surface area contributed by atoms with Gasteiger partial charge in [0.05, 0.1) is 45.6 Å². The quantitative estimate of drug-likeness (QED) is 0.142. The highest BCUT2D eigenvalue weighted by Gasteiger charge is 2.33. The van der Waals surface area contributed by atoms with Crippen LogP contribution in [0, 0.1) is 22.7 Å². The number of nitriles is 2. The number of hydrogen-bond donors (Lipinski definition) is 5. The molecular formula is C34H32ClN9. The summed E-state index contributed by atoms with van der Waals surface area (Å²) < 4.78 is 0. The predicted molar refractivity (Wildman–Crippen MR) is 172 cm³/mol. The van der Waals surface area contributed by atoms with Gasteiger partial charge in [0.2, 0.25) is 0 Å². The van der Waals surface area contributed by atoms with Crippen molar-refractivity contribution in [2.24, 2.45) is 0 Å². The van der Waals surface area contributed by atoms with Gasteiger partial charge in [-0.2, -0.15) is 10.5 Å². The van der Waals surface area contributed by atoms with Crippen LogP contribution in [0.3, 0.4) is 0 Å². The summed E-state index contributed by atoms with van der Waals surface area (Å²) in [6.45, 7) is 1.66. The summed E-state index contributed by atoms with van der Waals surface area (Å²) >= 11 is 6.91. The topological polar surface area (TPSA) is 124 Å². The highest BCUT2D eigenvalue weighted by molar-refractivity contribution is 6.35. The minimum Gasteiger partial charge on any atom is -0.377 e. The second-order valence-corrected chi connectivity index (χ2v) is 11.9. The second-order valence-electron chi connectivity index (χ2n) is 11.4. The van der Waals surface area contributed by atoms with Crippen LogP contribution in [0.1, 0.15) is 65.6 Å². The lowest BCUT2D eigenvalue weighted by atomic mass is 9.95. The molecule has 1 fully saturated rings. The van der Waals surface area contributed by atoms with E-state index in [4.69, 9.17) is 11.6 Å². The van der Waals surface area contributed by atoms with Crippen molar-refractivity contribution in [3.8, 4) is 12.1 Å². The Bertz CT molecular complexity index is 1820. The van der Waals surface area contributed by atoms with Gasteiger partial charge in [-0.05, 0) is 53.6 Å². The number of rotatable bonds is 10. The molecule has 7 rings (SSSR count). The van der Waals surface area contributed by atoms with Gasteiger partial charge < -0.3 is 21.4 Å². The molecule has 0 saturated heterocycles. The van der Waals surface area contributed by atoms with Crippen LogP contribution in [-0.4, -0.2) is 16.0 Å². The lowest BCUT2D eigenvalue weighted by molar-refractivity contribution is 0.260. The maximum Gasteiger partial charge on any atom is 0.103 e. The third-order valence-corrected chi connectivity index (χ3v) is 8.81. The van der Waals surface area contributed by atoms with Crippen LogP contribution >= 0.6 is 11.6 Å². The molecule has 0 bridgehead atoms. The van der Waals surface area contributed by atoms with Crippen molar-refractivity contribution in [2.45, 2.75) is 56.9 Å². The van der Waals surface area contributed by atoms with Gasteiger partial charge in [0.15, 0.2) is 0 Å². The summed E-state index contributed by atoms with van der Waals surface area (Å²) in [7, 11) is 0. The molecule has 0 radical (unpaired) electrons. The van der Waals surface area contributed by atoms with Crippen LogP contribution in [0.25, 0.3) is 10.9 Å². The lowest BCUT2D eigenvalue weighted by Gasteiger charge is -2.25. The number of hydrogen-bond acceptors (Lipinski definition) is 9. The maximum absolute atomic E-state index is 10.1. The number of anilines is 2. The second kappa shape index (κ2) is 12.1. The van der Waals surface area contributed by atoms with Crippen LogP contribution in [0.4, 0.5) is 11.4 Å². The monoisotopic (exact) mass is 601 g/mol. The number of halogens is 1. The number of fused-ring (bicyclic) bond motifs is 2. The third-order valence-electron chi connectivity index (χ3n) is 8.52. The summed E-state index contributed by atoms with van der Waals surface area (Å²) in [6, 6.07) is 25.1. The van der Waals surface area contributed by atoms with Crippen molar-refractivity contribution in [3.05, 3.63) is 112 Å². The Morgan fingerprint density at radius 3 is 2.70 bits per heavy atom. The molecule has 0 amide bonds. The molecule has 0 spiro atoms. The van der Waals surface area contributed by atoms with Gasteiger partial charge in [-0.25, -0.2) is 0 Å². The van der Waals surface area contributed by atoms with E-state index in [1.807, 2.05) is 42.5 Å². The molecule has 1 aromatic heterocycles. The van der Waals surface area contributed by atoms with E-state index in [9.17, 15) is 10.5 Å². The van der Waals surface area contributed by atoms with Crippen LogP contribution in [0.15, 0.2) is 78.8 Å². The van der Waals surface area contributed by atoms with E-state index in [0.717, 1.165) is 35.4 Å². The first-order valence-electron chi connectivity index (χ1n) is 14.9. The van der Waals surface area contributed by atoms with E-state index in [0.29, 0.717) is 40.7 Å². The Hall–Kier alpha value is -4.80. The summed E-state index contributed by atoms with van der Waals surface area (Å²) in [4.78, 5) is 4.57. The van der Waals surface area contributed by atoms with Crippen LogP contribution < -0.4 is 26.9 Å². The van der Waals surface area contributed by atoms with Crippen molar-refractivity contribution in [2.75, 3.05) is 10.6 Å². The number of pyridine rings is 1. The van der Waals surface area contributed by atoms with E-state index in [-0.39, 0.29) is 12.1 Å². The van der Waals surface area contributed by atoms with Crippen LogP contribution in [-0.2, 0) is 13.1 Å². The van der Waals surface area contributed by atoms with Crippen molar-refractivity contribution >= 4 is 33.9 Å². The molecule has 1 saturated carbocycles. The standard InChI is InChI=1S/C34H32ClN9/c35-29-15-24(40-34(31-20-44(43-42-31)25-11-12-25)26-9-4-8-22-17-38-19-28(22)26)14-27-32(23(16-37)18-39-33(27)29)41-30(10-5-13-36)21-6-2-1-3-7-21/h1-4,6-9,14-15,18,20,25,30,34,38,40,42-43H,5,10-12,17,19H2,(H,39,41)/t30-,34+/m1/s1. The highest BCUT2D eigenvalue weighted by Crippen LogP contribution is 2.39. The first-order valence-corrected chi connectivity index (χ1v) is 15.3. The normalized spacial score (nSPS) is 16.8. The zero-order valence-corrected chi connectivity index (χ0v) is 24.8. The van der Waals surface area contributed by atoms with Gasteiger partial charge >= 0.3 is 0 Å². The third kappa shape index (κ3) is 5.49. The molecular weight excluding hydrogens is 570 g/mol. The van der Waals surface area contributed by atoms with E-state index in [2.05, 4.69) is 73.4 Å². The van der Waals surface area contributed by atoms with Gasteiger partial charge in [0.25, 0.3) is 0 Å². The average molecular weight is 602 g/mol. The summed E-state index contributed by atoms with van der Waals surface area (Å²) in [5.74, 6) is 0. The lowest BCUT2D eigenvalue weighted by Crippen LogP contribution is -2.38. The van der Waals surface area contributed by atoms with E-state index < -0.39 is 0 Å². The molecule has 1 aliphatic carbocycles. The molecule has 2 aliphatic heterocycles. The molecule has 10 heteroatoms. The summed E-state index contributed by atoms with van der Waals surface area (Å²) in [5.41, 5.74) is 15.0. The Kier molecular flexibility index (Phi) is 7.68. The molecule has 3 heterocycles. The highest BCUT2D eigenvalue weighted by atomic mass is 35.5. The smallest absolute Gasteiger partial charge is 0.103 e. The van der Waals surface area contributed by atoms with Gasteiger partial charge in [0.1, 0.15) is 6.07 Å². The fraction of sp³-hybridized carbons (Fsp3) is 0.265. The first kappa shape index (κ1) is 28.0. The van der Waals surface area contributed by atoms with Crippen molar-refractivity contribution in [3.63, 3.8) is 0 Å². The Morgan fingerprint density at radius 2 is 1.91 bits per heavy atom. The Morgan fingerprint density at radius 1 is 1.05 bits per heavy atom. The van der Waals surface area contributed by atoms with Gasteiger partial charge in [-0.15, -0.1) is 5.53 Å². The molecule has 3 aliphatic rings. The zero-order valence-electron chi connectivity index (χ0n) is 24.1. The van der Waals surface area contributed by atoms with Gasteiger partial charge in [-0.1, -0.05) is 60.1 Å². The Balaban J connectivity index is 1.31. The molecule has 220 valence electrons. The fourth-order valence-electron chi connectivity index (χ4n) is 6.13. The molecule has 5 N–H and O–H groups in total. The predicted octanol–water partition coefficient (Wildman–Crippen LogP) is 6.30. The van der Waals surface area contributed by atoms with Crippen molar-refractivity contribution in [1.29, 1.82) is 10.5 Å². The minimum atomic E-state index is -0.189. The average Bonchev–Trinajstić information content (AvgIpc) is 3.57. The molecule has 0 unspecified atom stereocenters. The number of nitrogens with zero attached hydrogens (tertiary/aromatic N) is 4. The molecule has 44 heavy (non-hydrogen) atoms. The number of aromatic nitrogens is 1. The van der Waals surface area contributed by atoms with E-state index >= 15 is 0 Å². The summed E-state index contributed by atoms with van der Waals surface area (Å²) in [5, 5.41) is 33.7. The summed E-state index contributed by atoms with van der Waals surface area (Å²) in [6.07, 6.45) is 7.01. The molecule has 9 nitrogen and oxygen atoms in total. The number of nitrogens with one attached hydrogen (secondary N) is 5. The number of hydrazine groups is 2. The van der Waals surface area contributed by atoms with Crippen LogP contribution in [0.2, 0.25) is 5.02 Å². The van der Waals surface area contributed by atoms with Crippen LogP contribution in [0.5, 0.6) is 0 Å². The molecule has 3 aromatic carbocycles. The first-order chi connectivity index (χ1) is 21.6. The Labute approximate surface area is 261 Å². The largest absolute Gasteiger partial charge is 0.377 e. The maximum atomic E-state index is 10.1. The van der Waals surface area contributed by atoms with Gasteiger partial charge in [-0.3, -0.25) is 9.99 Å². The fourth-order valence-corrected chi connectivity index (χ4v) is 6.40. The number of benzene rings is 3. The minimum absolute atomic E-state index is 0.177. The molecule has 4 aromatic rings. The van der Waals surface area contributed by atoms with Crippen molar-refractivity contribution in [1.82, 2.24) is 26.3 Å². The van der Waals surface area contributed by atoms with Crippen molar-refractivity contribution < 1.29 is 0 Å². The van der Waals surface area contributed by atoms with E-state index in [1.165, 1.54) is 29.5 Å². The SMILES string of the molecule is N#CCC[C@@H](Nc1c(C#N)cnc2c(Cl)cc(N[C@H](C3=CN(C4CC4)NN3)c3cccc4c3CNC4)cc12)c1ccccc1. The molecule has 2 atom stereocenters. The zero-order chi connectivity index (χ0) is 30.0. The van der Waals surface area contributed by atoms with E-state index in [1.54, 1.807) is 6.20 Å².